The van der Waals surface area contributed by atoms with Crippen LogP contribution in [0.2, 0.25) is 0 Å². The van der Waals surface area contributed by atoms with E-state index >= 15 is 0 Å². The molecule has 0 saturated carbocycles. The van der Waals surface area contributed by atoms with E-state index in [-0.39, 0.29) is 37.5 Å². The Labute approximate surface area is 175 Å². The number of furan rings is 1. The van der Waals surface area contributed by atoms with Crippen molar-refractivity contribution in [3.8, 4) is 11.3 Å². The predicted octanol–water partition coefficient (Wildman–Crippen LogP) is 5.62. The normalized spacial score (nSPS) is 10.9. The van der Waals surface area contributed by atoms with Crippen LogP contribution in [0.5, 0.6) is 0 Å². The first-order chi connectivity index (χ1) is 13.0. The number of carbonyl (C=O) groups is 1. The van der Waals surface area contributed by atoms with E-state index in [1.165, 1.54) is 32.1 Å². The fourth-order valence-corrected chi connectivity index (χ4v) is 2.70. The van der Waals surface area contributed by atoms with E-state index in [1.807, 2.05) is 30.3 Å². The van der Waals surface area contributed by atoms with Gasteiger partial charge in [-0.1, -0.05) is 18.2 Å². The molecule has 1 N–H and O–H groups in total. The molecule has 4 rings (SSSR count). The van der Waals surface area contributed by atoms with Crippen LogP contribution in [0, 0.1) is 11.9 Å². The van der Waals surface area contributed by atoms with Crippen molar-refractivity contribution >= 4 is 27.7 Å². The summed E-state index contributed by atoms with van der Waals surface area (Å²) in [7, 11) is 0. The molecular weight excluding hydrogens is 537 g/mol. The summed E-state index contributed by atoms with van der Waals surface area (Å²) in [6.07, 6.45) is 2.81. The van der Waals surface area contributed by atoms with E-state index in [1.54, 1.807) is 12.3 Å². The van der Waals surface area contributed by atoms with Crippen LogP contribution in [0.3, 0.4) is 0 Å². The van der Waals surface area contributed by atoms with Gasteiger partial charge in [-0.25, -0.2) is 0 Å². The number of allylic oxidation sites excluding steroid dienone is 2. The first-order valence-electron chi connectivity index (χ1n) is 8.27. The molecule has 28 heavy (non-hydrogen) atoms. The molecule has 0 unspecified atom stereocenters. The number of aromatic nitrogens is 1. The van der Waals surface area contributed by atoms with Crippen LogP contribution in [0.1, 0.15) is 13.8 Å². The molecule has 0 fully saturated rings. The maximum absolute atomic E-state index is 13.0. The van der Waals surface area contributed by atoms with Gasteiger partial charge in [0.15, 0.2) is 5.78 Å². The van der Waals surface area contributed by atoms with Crippen molar-refractivity contribution in [1.82, 2.24) is 4.98 Å². The molecule has 0 aliphatic carbocycles. The summed E-state index contributed by atoms with van der Waals surface area (Å²) in [4.78, 5) is 14.6. The quantitative estimate of drug-likeness (QED) is 0.199. The number of rotatable bonds is 2. The van der Waals surface area contributed by atoms with E-state index in [0.717, 1.165) is 21.9 Å². The maximum Gasteiger partial charge on any atom is 0.155 e. The number of aliphatic hydroxyl groups is 1. The maximum atomic E-state index is 13.0. The minimum absolute atomic E-state index is 0. The van der Waals surface area contributed by atoms with Crippen molar-refractivity contribution in [2.75, 3.05) is 0 Å². The minimum Gasteiger partial charge on any atom is -0.512 e. The number of carbonyl (C=O) groups excluding carboxylic acids is 1. The van der Waals surface area contributed by atoms with Crippen molar-refractivity contribution in [2.24, 2.45) is 0 Å². The third kappa shape index (κ3) is 4.91. The topological polar surface area (TPSA) is 63.3 Å². The Morgan fingerprint density at radius 1 is 1.14 bits per heavy atom. The van der Waals surface area contributed by atoms with Gasteiger partial charge in [0, 0.05) is 48.5 Å². The molecule has 145 valence electrons. The molecule has 0 spiro atoms. The molecule has 4 nitrogen and oxygen atoms in total. The van der Waals surface area contributed by atoms with Crippen LogP contribution in [-0.2, 0) is 24.9 Å². The summed E-state index contributed by atoms with van der Waals surface area (Å²) in [6, 6.07) is 17.1. The Kier molecular flexibility index (Phi) is 7.21. The Bertz CT molecular complexity index is 1130. The van der Waals surface area contributed by atoms with Gasteiger partial charge in [-0.2, -0.15) is 0 Å². The first-order valence-corrected chi connectivity index (χ1v) is 8.27. The molecule has 0 bridgehead atoms. The minimum atomic E-state index is -0.315. The fraction of sp³-hybridized carbons (Fsp3) is 0.0909. The molecular formula is C22H17FIrNO3-. The van der Waals surface area contributed by atoms with Crippen LogP contribution in [0.4, 0.5) is 4.39 Å². The van der Waals surface area contributed by atoms with Crippen molar-refractivity contribution in [2.45, 2.75) is 13.8 Å². The second-order valence-corrected chi connectivity index (χ2v) is 5.96. The average Bonchev–Trinajstić information content (AvgIpc) is 3.11. The van der Waals surface area contributed by atoms with Crippen LogP contribution >= 0.6 is 0 Å². The fourth-order valence-electron chi connectivity index (χ4n) is 2.70. The number of hydrogen-bond acceptors (Lipinski definition) is 4. The van der Waals surface area contributed by atoms with Crippen molar-refractivity contribution < 1.29 is 38.8 Å². The third-order valence-electron chi connectivity index (χ3n) is 3.75. The number of halogens is 1. The number of fused-ring (bicyclic) bond motifs is 3. The Morgan fingerprint density at radius 3 is 2.50 bits per heavy atom. The average molecular weight is 555 g/mol. The van der Waals surface area contributed by atoms with Gasteiger partial charge in [-0.15, -0.1) is 29.8 Å². The van der Waals surface area contributed by atoms with E-state index in [9.17, 15) is 9.18 Å². The summed E-state index contributed by atoms with van der Waals surface area (Å²) >= 11 is 0. The number of hydrogen-bond donors (Lipinski definition) is 1. The molecule has 0 aliphatic rings. The second kappa shape index (κ2) is 9.40. The summed E-state index contributed by atoms with van der Waals surface area (Å²) in [5.41, 5.74) is 2.99. The number of pyridine rings is 1. The number of para-hydroxylation sites is 1. The van der Waals surface area contributed by atoms with Gasteiger partial charge in [0.25, 0.3) is 0 Å². The largest absolute Gasteiger partial charge is 0.512 e. The number of aliphatic hydroxyl groups excluding tert-OH is 1. The summed E-state index contributed by atoms with van der Waals surface area (Å²) in [5, 5.41) is 10.4. The van der Waals surface area contributed by atoms with Gasteiger partial charge >= 0.3 is 0 Å². The van der Waals surface area contributed by atoms with Crippen LogP contribution < -0.4 is 0 Å². The molecule has 0 amide bonds. The molecule has 2 heterocycles. The van der Waals surface area contributed by atoms with Gasteiger partial charge in [0.05, 0.1) is 17.5 Å². The van der Waals surface area contributed by atoms with Crippen LogP contribution in [0.25, 0.3) is 33.1 Å². The Morgan fingerprint density at radius 2 is 1.89 bits per heavy atom. The van der Waals surface area contributed by atoms with Crippen molar-refractivity contribution in [3.05, 3.63) is 78.5 Å². The zero-order chi connectivity index (χ0) is 19.4. The van der Waals surface area contributed by atoms with Crippen molar-refractivity contribution in [3.63, 3.8) is 0 Å². The molecule has 0 aliphatic heterocycles. The van der Waals surface area contributed by atoms with Crippen LogP contribution in [0.15, 0.2) is 71.0 Å². The van der Waals surface area contributed by atoms with Gasteiger partial charge in [0.2, 0.25) is 0 Å². The summed E-state index contributed by atoms with van der Waals surface area (Å²) < 4.78 is 18.6. The SMILES string of the molecule is CC(=O)/C=C(/C)O.Fc1c[c-]c(-c2nc3ccccc3c3ccoc23)cc1.[Ir]. The van der Waals surface area contributed by atoms with E-state index in [4.69, 9.17) is 9.52 Å². The monoisotopic (exact) mass is 555 g/mol. The van der Waals surface area contributed by atoms with Gasteiger partial charge in [-0.05, 0) is 26.0 Å². The summed E-state index contributed by atoms with van der Waals surface area (Å²) in [6.45, 7) is 2.85. The van der Waals surface area contributed by atoms with E-state index < -0.39 is 0 Å². The zero-order valence-corrected chi connectivity index (χ0v) is 17.6. The Balaban J connectivity index is 0.000000306. The third-order valence-corrected chi connectivity index (χ3v) is 3.75. The first kappa shape index (κ1) is 21.5. The zero-order valence-electron chi connectivity index (χ0n) is 15.2. The molecule has 0 saturated heterocycles. The van der Waals surface area contributed by atoms with E-state index in [2.05, 4.69) is 11.1 Å². The predicted molar refractivity (Wildman–Crippen MR) is 103 cm³/mol. The molecule has 0 atom stereocenters. The molecule has 4 aromatic rings. The van der Waals surface area contributed by atoms with E-state index in [0.29, 0.717) is 11.3 Å². The van der Waals surface area contributed by atoms with Gasteiger partial charge in [0.1, 0.15) is 5.58 Å². The van der Waals surface area contributed by atoms with Crippen LogP contribution in [-0.4, -0.2) is 15.9 Å². The molecule has 1 radical (unpaired) electrons. The van der Waals surface area contributed by atoms with Gasteiger partial charge < -0.3 is 9.52 Å². The molecule has 6 heteroatoms. The van der Waals surface area contributed by atoms with Crippen molar-refractivity contribution in [1.29, 1.82) is 0 Å². The Hall–Kier alpha value is -2.82. The number of ketones is 1. The smallest absolute Gasteiger partial charge is 0.155 e. The van der Waals surface area contributed by atoms with Gasteiger partial charge in [-0.3, -0.25) is 14.2 Å². The number of nitrogens with zero attached hydrogens (tertiary/aromatic N) is 1. The standard InChI is InChI=1S/C17H9FNO.C5H8O2.Ir/c18-12-7-5-11(6-8-12)16-17-14(9-10-20-17)13-3-1-2-4-15(13)19-16;1-4(6)3-5(2)7;/h1-5,7-10H;3,6H,1-2H3;/q-1;;/b;4-3-;. The second-order valence-electron chi connectivity index (χ2n) is 5.96. The molecule has 2 aromatic carbocycles. The summed E-state index contributed by atoms with van der Waals surface area (Å²) in [5.74, 6) is -0.377. The molecule has 2 aromatic heterocycles. The number of benzene rings is 2.